The predicted octanol–water partition coefficient (Wildman–Crippen LogP) is 4.64. The van der Waals surface area contributed by atoms with Gasteiger partial charge in [0.05, 0.1) is 20.5 Å². The van der Waals surface area contributed by atoms with Gasteiger partial charge in [0.15, 0.2) is 5.78 Å². The molecule has 28 heavy (non-hydrogen) atoms. The largest absolute Gasteiger partial charge is 0.503 e. The van der Waals surface area contributed by atoms with Crippen LogP contribution in [0.1, 0.15) is 46.0 Å². The van der Waals surface area contributed by atoms with Crippen molar-refractivity contribution in [2.75, 3.05) is 14.2 Å². The van der Waals surface area contributed by atoms with Crippen LogP contribution in [0.4, 0.5) is 0 Å². The van der Waals surface area contributed by atoms with Gasteiger partial charge in [-0.15, -0.1) is 0 Å². The number of rotatable bonds is 8. The van der Waals surface area contributed by atoms with Gasteiger partial charge in [-0.2, -0.15) is 0 Å². The van der Waals surface area contributed by atoms with Crippen LogP contribution in [0, 0.1) is 13.8 Å². The fraction of sp³-hybridized carbons (Fsp3) is 0.304. The molecule has 0 aromatic heterocycles. The fourth-order valence-electron chi connectivity index (χ4n) is 2.95. The number of hydrogen-bond donors (Lipinski definition) is 0. The Labute approximate surface area is 165 Å². The molecule has 5 nitrogen and oxygen atoms in total. The van der Waals surface area contributed by atoms with Crippen LogP contribution >= 0.6 is 0 Å². The molecular weight excluding hydrogens is 356 g/mol. The first-order chi connectivity index (χ1) is 13.4. The summed E-state index contributed by atoms with van der Waals surface area (Å²) in [5, 5.41) is 0. The number of methoxy groups -OCH3 is 2. The van der Waals surface area contributed by atoms with Crippen molar-refractivity contribution in [1.29, 1.82) is 0 Å². The molecule has 5 heteroatoms. The third kappa shape index (κ3) is 4.80. The highest BCUT2D eigenvalue weighted by Gasteiger charge is 2.17. The van der Waals surface area contributed by atoms with E-state index in [-0.39, 0.29) is 12.4 Å². The summed E-state index contributed by atoms with van der Waals surface area (Å²) in [6.45, 7) is 5.93. The van der Waals surface area contributed by atoms with Gasteiger partial charge in [0.1, 0.15) is 17.9 Å². The monoisotopic (exact) mass is 382 g/mol. The van der Waals surface area contributed by atoms with Crippen molar-refractivity contribution in [2.24, 2.45) is 0 Å². The first-order valence-corrected chi connectivity index (χ1v) is 9.09. The van der Waals surface area contributed by atoms with Gasteiger partial charge in [-0.1, -0.05) is 31.2 Å². The van der Waals surface area contributed by atoms with Crippen LogP contribution in [-0.2, 0) is 20.9 Å². The van der Waals surface area contributed by atoms with Gasteiger partial charge in [-0.05, 0) is 48.2 Å². The highest BCUT2D eigenvalue weighted by atomic mass is 16.5. The number of ether oxygens (including phenoxy) is 3. The van der Waals surface area contributed by atoms with E-state index in [0.717, 1.165) is 22.3 Å². The Hall–Kier alpha value is -3.08. The van der Waals surface area contributed by atoms with E-state index in [0.29, 0.717) is 23.3 Å². The van der Waals surface area contributed by atoms with E-state index >= 15 is 0 Å². The Balaban J connectivity index is 2.31. The molecule has 0 aliphatic heterocycles. The van der Waals surface area contributed by atoms with Crippen molar-refractivity contribution in [1.82, 2.24) is 0 Å². The second-order valence-electron chi connectivity index (χ2n) is 6.41. The standard InChI is InChI=1S/C23H26O5/c1-6-21(24)19-11-16(3)22(12-15(19)2)28-13-17-9-7-8-10-18(17)20(14-26-4)23(25)27-5/h7-12,14H,6,13H2,1-5H3/b20-14-. The summed E-state index contributed by atoms with van der Waals surface area (Å²) < 4.78 is 15.9. The average molecular weight is 382 g/mol. The van der Waals surface area contributed by atoms with E-state index < -0.39 is 5.97 Å². The molecule has 0 saturated carbocycles. The van der Waals surface area contributed by atoms with Gasteiger partial charge in [0.25, 0.3) is 0 Å². The number of carbonyl (C=O) groups is 2. The number of hydrogen-bond acceptors (Lipinski definition) is 5. The summed E-state index contributed by atoms with van der Waals surface area (Å²) in [6, 6.07) is 11.2. The topological polar surface area (TPSA) is 61.8 Å². The number of aryl methyl sites for hydroxylation is 2. The molecule has 0 fully saturated rings. The molecule has 0 bridgehead atoms. The Bertz CT molecular complexity index is 896. The summed E-state index contributed by atoms with van der Waals surface area (Å²) >= 11 is 0. The van der Waals surface area contributed by atoms with E-state index in [1.165, 1.54) is 20.5 Å². The normalized spacial score (nSPS) is 11.1. The van der Waals surface area contributed by atoms with Crippen LogP contribution in [0.15, 0.2) is 42.7 Å². The van der Waals surface area contributed by atoms with Gasteiger partial charge in [0.2, 0.25) is 0 Å². The molecule has 0 amide bonds. The van der Waals surface area contributed by atoms with E-state index in [9.17, 15) is 9.59 Å². The molecule has 0 aliphatic rings. The minimum absolute atomic E-state index is 0.116. The van der Waals surface area contributed by atoms with Crippen LogP contribution in [0.3, 0.4) is 0 Å². The zero-order valence-corrected chi connectivity index (χ0v) is 17.0. The Morgan fingerprint density at radius 3 is 2.36 bits per heavy atom. The van der Waals surface area contributed by atoms with Crippen molar-refractivity contribution in [3.8, 4) is 5.75 Å². The average Bonchev–Trinajstić information content (AvgIpc) is 2.71. The number of ketones is 1. The van der Waals surface area contributed by atoms with Crippen LogP contribution in [0.2, 0.25) is 0 Å². The third-order valence-electron chi connectivity index (χ3n) is 4.48. The second kappa shape index (κ2) is 9.74. The molecule has 0 unspecified atom stereocenters. The second-order valence-corrected chi connectivity index (χ2v) is 6.41. The lowest BCUT2D eigenvalue weighted by Gasteiger charge is -2.15. The Morgan fingerprint density at radius 2 is 1.71 bits per heavy atom. The summed E-state index contributed by atoms with van der Waals surface area (Å²) in [6.07, 6.45) is 1.83. The van der Waals surface area contributed by atoms with Crippen molar-refractivity contribution in [3.05, 3.63) is 70.5 Å². The Morgan fingerprint density at radius 1 is 1.00 bits per heavy atom. The molecule has 2 aromatic rings. The van der Waals surface area contributed by atoms with Crippen LogP contribution in [0.5, 0.6) is 5.75 Å². The van der Waals surface area contributed by atoms with Crippen LogP contribution < -0.4 is 4.74 Å². The highest BCUT2D eigenvalue weighted by Crippen LogP contribution is 2.27. The minimum atomic E-state index is -0.483. The molecule has 0 aliphatic carbocycles. The van der Waals surface area contributed by atoms with Crippen LogP contribution in [0.25, 0.3) is 5.57 Å². The maximum Gasteiger partial charge on any atom is 0.341 e. The third-order valence-corrected chi connectivity index (χ3v) is 4.48. The van der Waals surface area contributed by atoms with Gasteiger partial charge in [-0.3, -0.25) is 4.79 Å². The molecular formula is C23H26O5. The number of carbonyl (C=O) groups excluding carboxylic acids is 2. The zero-order valence-electron chi connectivity index (χ0n) is 17.0. The quantitative estimate of drug-likeness (QED) is 0.288. The summed E-state index contributed by atoms with van der Waals surface area (Å²) in [7, 11) is 2.81. The lowest BCUT2D eigenvalue weighted by atomic mass is 9.99. The fourth-order valence-corrected chi connectivity index (χ4v) is 2.95. The summed E-state index contributed by atoms with van der Waals surface area (Å²) in [5.41, 5.74) is 4.32. The molecule has 0 heterocycles. The van der Waals surface area contributed by atoms with E-state index in [1.54, 1.807) is 0 Å². The molecule has 2 aromatic carbocycles. The van der Waals surface area contributed by atoms with Crippen LogP contribution in [-0.4, -0.2) is 26.0 Å². The molecule has 0 atom stereocenters. The van der Waals surface area contributed by atoms with Gasteiger partial charge in [-0.25, -0.2) is 4.79 Å². The number of benzene rings is 2. The zero-order chi connectivity index (χ0) is 20.7. The maximum absolute atomic E-state index is 12.1. The summed E-state index contributed by atoms with van der Waals surface area (Å²) in [5.74, 6) is 0.337. The van der Waals surface area contributed by atoms with Crippen molar-refractivity contribution >= 4 is 17.3 Å². The van der Waals surface area contributed by atoms with Crippen molar-refractivity contribution < 1.29 is 23.8 Å². The lowest BCUT2D eigenvalue weighted by Crippen LogP contribution is -2.09. The smallest absolute Gasteiger partial charge is 0.341 e. The highest BCUT2D eigenvalue weighted by molar-refractivity contribution is 6.16. The molecule has 0 N–H and O–H groups in total. The van der Waals surface area contributed by atoms with E-state index in [4.69, 9.17) is 14.2 Å². The van der Waals surface area contributed by atoms with E-state index in [1.807, 2.05) is 57.2 Å². The van der Waals surface area contributed by atoms with E-state index in [2.05, 4.69) is 0 Å². The summed E-state index contributed by atoms with van der Waals surface area (Å²) in [4.78, 5) is 24.2. The minimum Gasteiger partial charge on any atom is -0.503 e. The van der Waals surface area contributed by atoms with Crippen molar-refractivity contribution in [2.45, 2.75) is 33.8 Å². The van der Waals surface area contributed by atoms with Gasteiger partial charge < -0.3 is 14.2 Å². The SMILES string of the molecule is CCC(=O)c1cc(C)c(OCc2ccccc2/C(=C/OC)C(=O)OC)cc1C. The molecule has 148 valence electrons. The molecule has 2 rings (SSSR count). The number of Topliss-reactive ketones (excluding diaryl/α,β-unsaturated/α-hetero) is 1. The predicted molar refractivity (Wildman–Crippen MR) is 108 cm³/mol. The number of esters is 1. The first kappa shape index (κ1) is 21.2. The maximum atomic E-state index is 12.1. The van der Waals surface area contributed by atoms with Gasteiger partial charge in [0, 0.05) is 12.0 Å². The van der Waals surface area contributed by atoms with Crippen molar-refractivity contribution in [3.63, 3.8) is 0 Å². The molecule has 0 radical (unpaired) electrons. The van der Waals surface area contributed by atoms with Gasteiger partial charge >= 0.3 is 5.97 Å². The Kier molecular flexibility index (Phi) is 7.38. The molecule has 0 spiro atoms. The first-order valence-electron chi connectivity index (χ1n) is 9.09. The lowest BCUT2D eigenvalue weighted by molar-refractivity contribution is -0.133. The molecule has 0 saturated heterocycles.